The van der Waals surface area contributed by atoms with Gasteiger partial charge in [0.1, 0.15) is 5.69 Å². The SMILES string of the molecule is CCCn1c(C(C)(C)C)c(N)c(=O)n1-c1cccc(Br)c1. The van der Waals surface area contributed by atoms with Crippen LogP contribution in [0.3, 0.4) is 0 Å². The third-order valence-corrected chi connectivity index (χ3v) is 3.87. The summed E-state index contributed by atoms with van der Waals surface area (Å²) >= 11 is 3.46. The molecule has 21 heavy (non-hydrogen) atoms. The Morgan fingerprint density at radius 1 is 1.29 bits per heavy atom. The van der Waals surface area contributed by atoms with Gasteiger partial charge in [0.25, 0.3) is 5.56 Å². The zero-order chi connectivity index (χ0) is 15.8. The summed E-state index contributed by atoms with van der Waals surface area (Å²) < 4.78 is 4.64. The van der Waals surface area contributed by atoms with Crippen LogP contribution in [-0.2, 0) is 12.0 Å². The van der Waals surface area contributed by atoms with Gasteiger partial charge in [0.15, 0.2) is 0 Å². The van der Waals surface area contributed by atoms with E-state index >= 15 is 0 Å². The van der Waals surface area contributed by atoms with Crippen molar-refractivity contribution in [1.29, 1.82) is 0 Å². The lowest BCUT2D eigenvalue weighted by atomic mass is 9.91. The summed E-state index contributed by atoms with van der Waals surface area (Å²) in [6.07, 6.45) is 0.935. The molecule has 114 valence electrons. The maximum absolute atomic E-state index is 12.6. The molecular formula is C16H22BrN3O. The van der Waals surface area contributed by atoms with Crippen LogP contribution in [0, 0.1) is 0 Å². The monoisotopic (exact) mass is 351 g/mol. The first-order chi connectivity index (χ1) is 9.77. The van der Waals surface area contributed by atoms with Crippen molar-refractivity contribution in [3.8, 4) is 5.69 Å². The molecular weight excluding hydrogens is 330 g/mol. The van der Waals surface area contributed by atoms with E-state index in [2.05, 4.69) is 43.6 Å². The number of nitrogen functional groups attached to an aromatic ring is 1. The van der Waals surface area contributed by atoms with E-state index in [9.17, 15) is 4.79 Å². The summed E-state index contributed by atoms with van der Waals surface area (Å²) in [5.41, 5.74) is 7.86. The predicted molar refractivity (Wildman–Crippen MR) is 91.1 cm³/mol. The Kier molecular flexibility index (Phi) is 4.33. The molecule has 1 heterocycles. The van der Waals surface area contributed by atoms with Crippen LogP contribution in [0.2, 0.25) is 0 Å². The standard InChI is InChI=1S/C16H22BrN3O/c1-5-9-19-14(16(2,3)4)13(18)15(21)20(19)12-8-6-7-11(17)10-12/h6-8,10H,5,9,18H2,1-4H3. The Balaban J connectivity index is 2.80. The lowest BCUT2D eigenvalue weighted by Gasteiger charge is -2.23. The molecule has 0 aliphatic rings. The lowest BCUT2D eigenvalue weighted by Crippen LogP contribution is -2.24. The first-order valence-electron chi connectivity index (χ1n) is 7.15. The van der Waals surface area contributed by atoms with Crippen LogP contribution in [0.5, 0.6) is 0 Å². The average molecular weight is 352 g/mol. The Labute approximate surface area is 133 Å². The number of hydrogen-bond donors (Lipinski definition) is 1. The van der Waals surface area contributed by atoms with Gasteiger partial charge in [-0.05, 0) is 24.6 Å². The summed E-state index contributed by atoms with van der Waals surface area (Å²) in [7, 11) is 0. The van der Waals surface area contributed by atoms with Gasteiger partial charge in [-0.1, -0.05) is 49.7 Å². The van der Waals surface area contributed by atoms with Crippen LogP contribution in [0.25, 0.3) is 5.69 Å². The second-order valence-electron chi connectivity index (χ2n) is 6.23. The lowest BCUT2D eigenvalue weighted by molar-refractivity contribution is 0.452. The maximum atomic E-state index is 12.6. The molecule has 0 saturated carbocycles. The van der Waals surface area contributed by atoms with Crippen molar-refractivity contribution in [2.45, 2.75) is 46.1 Å². The van der Waals surface area contributed by atoms with Crippen LogP contribution in [-0.4, -0.2) is 9.36 Å². The number of aromatic nitrogens is 2. The minimum absolute atomic E-state index is 0.147. The van der Waals surface area contributed by atoms with Gasteiger partial charge in [-0.25, -0.2) is 4.68 Å². The molecule has 0 radical (unpaired) electrons. The summed E-state index contributed by atoms with van der Waals surface area (Å²) in [6.45, 7) is 9.09. The summed E-state index contributed by atoms with van der Waals surface area (Å²) in [5, 5.41) is 0. The molecule has 2 rings (SSSR count). The largest absolute Gasteiger partial charge is 0.393 e. The van der Waals surface area contributed by atoms with E-state index in [0.717, 1.165) is 28.8 Å². The van der Waals surface area contributed by atoms with E-state index in [1.807, 2.05) is 28.9 Å². The minimum atomic E-state index is -0.185. The second-order valence-corrected chi connectivity index (χ2v) is 7.15. The highest BCUT2D eigenvalue weighted by Crippen LogP contribution is 2.28. The third-order valence-electron chi connectivity index (χ3n) is 3.38. The quantitative estimate of drug-likeness (QED) is 0.916. The molecule has 0 fully saturated rings. The summed E-state index contributed by atoms with van der Waals surface area (Å²) in [5.74, 6) is 0. The number of nitrogens with zero attached hydrogens (tertiary/aromatic N) is 2. The Hall–Kier alpha value is -1.49. The van der Waals surface area contributed by atoms with Gasteiger partial charge in [-0.15, -0.1) is 0 Å². The molecule has 0 saturated heterocycles. The Bertz CT molecular complexity index is 707. The molecule has 0 spiro atoms. The topological polar surface area (TPSA) is 52.9 Å². The molecule has 0 aliphatic carbocycles. The van der Waals surface area contributed by atoms with E-state index < -0.39 is 0 Å². The van der Waals surface area contributed by atoms with Crippen LogP contribution < -0.4 is 11.3 Å². The van der Waals surface area contributed by atoms with Crippen LogP contribution >= 0.6 is 15.9 Å². The first-order valence-corrected chi connectivity index (χ1v) is 7.94. The molecule has 1 aromatic carbocycles. The van der Waals surface area contributed by atoms with Gasteiger partial charge in [-0.3, -0.25) is 9.48 Å². The van der Waals surface area contributed by atoms with Crippen molar-refractivity contribution in [1.82, 2.24) is 9.36 Å². The van der Waals surface area contributed by atoms with Gasteiger partial charge in [0.05, 0.1) is 11.4 Å². The number of nitrogens with two attached hydrogens (primary N) is 1. The second kappa shape index (κ2) is 5.72. The van der Waals surface area contributed by atoms with Gasteiger partial charge in [0.2, 0.25) is 0 Å². The van der Waals surface area contributed by atoms with Crippen molar-refractivity contribution in [2.75, 3.05) is 5.73 Å². The van der Waals surface area contributed by atoms with Gasteiger partial charge < -0.3 is 5.73 Å². The fourth-order valence-electron chi connectivity index (χ4n) is 2.64. The zero-order valence-corrected chi connectivity index (χ0v) is 14.6. The molecule has 2 N–H and O–H groups in total. The molecule has 0 atom stereocenters. The minimum Gasteiger partial charge on any atom is -0.393 e. The fourth-order valence-corrected chi connectivity index (χ4v) is 3.03. The zero-order valence-electron chi connectivity index (χ0n) is 13.0. The normalized spacial score (nSPS) is 11.9. The average Bonchev–Trinajstić information content (AvgIpc) is 2.61. The highest BCUT2D eigenvalue weighted by atomic mass is 79.9. The van der Waals surface area contributed by atoms with Crippen molar-refractivity contribution >= 4 is 21.6 Å². The highest BCUT2D eigenvalue weighted by Gasteiger charge is 2.27. The molecule has 4 nitrogen and oxygen atoms in total. The van der Waals surface area contributed by atoms with Crippen molar-refractivity contribution in [3.63, 3.8) is 0 Å². The number of benzene rings is 1. The van der Waals surface area contributed by atoms with E-state index in [4.69, 9.17) is 5.73 Å². The van der Waals surface area contributed by atoms with Crippen LogP contribution in [0.4, 0.5) is 5.69 Å². The van der Waals surface area contributed by atoms with E-state index in [0.29, 0.717) is 5.69 Å². The van der Waals surface area contributed by atoms with E-state index in [1.165, 1.54) is 0 Å². The molecule has 0 amide bonds. The third kappa shape index (κ3) is 2.93. The maximum Gasteiger partial charge on any atom is 0.294 e. The molecule has 0 unspecified atom stereocenters. The molecule has 1 aromatic heterocycles. The van der Waals surface area contributed by atoms with Crippen molar-refractivity contribution in [3.05, 3.63) is 44.8 Å². The Morgan fingerprint density at radius 3 is 2.48 bits per heavy atom. The van der Waals surface area contributed by atoms with E-state index in [-0.39, 0.29) is 11.0 Å². The molecule has 0 aliphatic heterocycles. The van der Waals surface area contributed by atoms with Crippen molar-refractivity contribution in [2.24, 2.45) is 0 Å². The smallest absolute Gasteiger partial charge is 0.294 e. The first kappa shape index (κ1) is 15.9. The molecule has 0 bridgehead atoms. The van der Waals surface area contributed by atoms with Crippen LogP contribution in [0.15, 0.2) is 33.5 Å². The summed E-state index contributed by atoms with van der Waals surface area (Å²) in [4.78, 5) is 12.6. The molecule has 5 heteroatoms. The number of halogens is 1. The molecule has 2 aromatic rings. The number of anilines is 1. The summed E-state index contributed by atoms with van der Waals surface area (Å²) in [6, 6.07) is 7.71. The Morgan fingerprint density at radius 2 is 1.95 bits per heavy atom. The fraction of sp³-hybridized carbons (Fsp3) is 0.438. The van der Waals surface area contributed by atoms with Gasteiger partial charge in [-0.2, -0.15) is 0 Å². The number of hydrogen-bond acceptors (Lipinski definition) is 2. The predicted octanol–water partition coefficient (Wildman–Crippen LogP) is 3.69. The van der Waals surface area contributed by atoms with Crippen molar-refractivity contribution < 1.29 is 0 Å². The van der Waals surface area contributed by atoms with Gasteiger partial charge in [0, 0.05) is 16.4 Å². The van der Waals surface area contributed by atoms with Gasteiger partial charge >= 0.3 is 0 Å². The van der Waals surface area contributed by atoms with E-state index in [1.54, 1.807) is 4.68 Å². The number of rotatable bonds is 3. The van der Waals surface area contributed by atoms with Crippen LogP contribution in [0.1, 0.15) is 39.8 Å². The highest BCUT2D eigenvalue weighted by molar-refractivity contribution is 9.10.